The van der Waals surface area contributed by atoms with Gasteiger partial charge in [-0.05, 0) is 180 Å². The Kier molecular flexibility index (Phi) is 11.0. The van der Waals surface area contributed by atoms with Gasteiger partial charge in [0.05, 0.1) is 0 Å². The van der Waals surface area contributed by atoms with Crippen molar-refractivity contribution >= 4 is 66.0 Å². The third-order valence-electron chi connectivity index (χ3n) is 17.4. The monoisotopic (exact) mass is 1000 g/mol. The minimum atomic E-state index is -0.337. The van der Waals surface area contributed by atoms with E-state index in [-0.39, 0.29) is 44.1 Å². The van der Waals surface area contributed by atoms with Crippen LogP contribution in [-0.4, -0.2) is 0 Å². The molecule has 0 aromatic heterocycles. The van der Waals surface area contributed by atoms with E-state index in [2.05, 4.69) is 258 Å². The van der Waals surface area contributed by atoms with Crippen molar-refractivity contribution in [2.45, 2.75) is 105 Å². The molecule has 0 saturated carbocycles. The first kappa shape index (κ1) is 46.1. The van der Waals surface area contributed by atoms with E-state index in [4.69, 9.17) is 0 Å². The maximum Gasteiger partial charge on any atom is 0.127 e. The van der Waals surface area contributed by atoms with Crippen molar-refractivity contribution in [2.75, 3.05) is 9.80 Å². The van der Waals surface area contributed by atoms with Gasteiger partial charge >= 0.3 is 0 Å². The molecular weight excluding hydrogens is 946 g/mol. The van der Waals surface area contributed by atoms with Gasteiger partial charge < -0.3 is 9.80 Å². The number of nitrogens with zero attached hydrogens (tertiary/aromatic N) is 2. The molecule has 338 valence electrons. The number of anilines is 6. The lowest BCUT2D eigenvalue weighted by Crippen LogP contribution is -2.42. The number of hydrogen-bond donors (Lipinski definition) is 0. The van der Waals surface area contributed by atoms with Crippen LogP contribution in [0.2, 0.25) is 0 Å². The van der Waals surface area contributed by atoms with Gasteiger partial charge in [-0.25, -0.2) is 8.78 Å². The Hall–Kier alpha value is -5.04. The van der Waals surface area contributed by atoms with Crippen LogP contribution in [0.4, 0.5) is 42.9 Å². The molecule has 0 heterocycles. The van der Waals surface area contributed by atoms with Gasteiger partial charge in [0.25, 0.3) is 0 Å². The van der Waals surface area contributed by atoms with Gasteiger partial charge in [-0.15, -0.1) is 0 Å². The van der Waals surface area contributed by atoms with E-state index >= 15 is 8.78 Å². The van der Waals surface area contributed by atoms with Crippen LogP contribution < -0.4 is 9.80 Å². The van der Waals surface area contributed by atoms with Gasteiger partial charge in [-0.3, -0.25) is 0 Å². The fourth-order valence-electron chi connectivity index (χ4n) is 11.2. The van der Waals surface area contributed by atoms with Gasteiger partial charge in [0.15, 0.2) is 0 Å². The van der Waals surface area contributed by atoms with Gasteiger partial charge in [0, 0.05) is 43.1 Å². The molecule has 0 aliphatic heterocycles. The lowest BCUT2D eigenvalue weighted by Gasteiger charge is -2.44. The quantitative estimate of drug-likeness (QED) is 0.150. The Balaban J connectivity index is 1.17. The molecule has 7 aromatic carbocycles. The molecule has 0 N–H and O–H groups in total. The second kappa shape index (κ2) is 15.8. The molecule has 2 nitrogen and oxygen atoms in total. The topological polar surface area (TPSA) is 6.48 Å². The van der Waals surface area contributed by atoms with Crippen molar-refractivity contribution in [3.05, 3.63) is 188 Å². The van der Waals surface area contributed by atoms with Gasteiger partial charge in [-0.1, -0.05) is 157 Å². The summed E-state index contributed by atoms with van der Waals surface area (Å²) in [6.45, 7) is 26.8. The van der Waals surface area contributed by atoms with Crippen molar-refractivity contribution in [3.8, 4) is 22.3 Å². The van der Waals surface area contributed by atoms with Crippen LogP contribution in [0.3, 0.4) is 0 Å². The maximum absolute atomic E-state index is 16.5. The molecule has 0 radical (unpaired) electrons. The van der Waals surface area contributed by atoms with E-state index in [9.17, 15) is 0 Å². The molecule has 66 heavy (non-hydrogen) atoms. The van der Waals surface area contributed by atoms with E-state index in [0.717, 1.165) is 87.6 Å². The van der Waals surface area contributed by atoms with E-state index in [0.29, 0.717) is 0 Å². The average Bonchev–Trinajstić information content (AvgIpc) is 3.45. The molecule has 0 saturated heterocycles. The summed E-state index contributed by atoms with van der Waals surface area (Å²) in [5, 5.41) is 0. The summed E-state index contributed by atoms with van der Waals surface area (Å²) in [4.78, 5) is 4.52. The molecule has 0 unspecified atom stereocenters. The van der Waals surface area contributed by atoms with Gasteiger partial charge in [0.2, 0.25) is 0 Å². The predicted octanol–water partition coefficient (Wildman–Crippen LogP) is 19.0. The molecular formula is C60H60Br2F2N2. The molecule has 2 aliphatic carbocycles. The highest BCUT2D eigenvalue weighted by atomic mass is 79.9. The molecule has 0 atom stereocenters. The predicted molar refractivity (Wildman–Crippen MR) is 282 cm³/mol. The van der Waals surface area contributed by atoms with Crippen LogP contribution in [-0.2, 0) is 21.7 Å². The highest BCUT2D eigenvalue weighted by Crippen LogP contribution is 2.64. The fraction of sp³-hybridized carbons (Fsp3) is 0.300. The first-order valence-corrected chi connectivity index (χ1v) is 24.6. The Morgan fingerprint density at radius 3 is 1.00 bits per heavy atom. The third kappa shape index (κ3) is 6.94. The summed E-state index contributed by atoms with van der Waals surface area (Å²) in [6, 6.07) is 50.0. The van der Waals surface area contributed by atoms with E-state index < -0.39 is 0 Å². The minimum Gasteiger partial charge on any atom is -0.310 e. The third-order valence-corrected chi connectivity index (χ3v) is 18.5. The van der Waals surface area contributed by atoms with Crippen molar-refractivity contribution in [1.29, 1.82) is 0 Å². The lowest BCUT2D eigenvalue weighted by molar-refractivity contribution is 0.123. The SMILES string of the molecule is CC1(C)c2cc(-c3cccc(N(c4ccc(Br)cc4)c4cccc(N(c5ccc(Br)cc5)c5cccc(-c6cc(F)c7c(c6)C(C)(C)C(C)(C)C7(C)C)c5)c4)c3)cc(F)c2C(C)(C)C1(C)C. The van der Waals surface area contributed by atoms with Crippen LogP contribution in [0, 0.1) is 22.5 Å². The van der Waals surface area contributed by atoms with Crippen LogP contribution >= 0.6 is 31.9 Å². The zero-order chi connectivity index (χ0) is 47.5. The molecule has 0 bridgehead atoms. The van der Waals surface area contributed by atoms with E-state index in [1.807, 2.05) is 0 Å². The summed E-state index contributed by atoms with van der Waals surface area (Å²) in [5.41, 5.74) is 11.6. The molecule has 9 rings (SSSR count). The number of fused-ring (bicyclic) bond motifs is 2. The summed E-state index contributed by atoms with van der Waals surface area (Å²) in [5.74, 6) is -0.298. The Labute approximate surface area is 408 Å². The van der Waals surface area contributed by atoms with Gasteiger partial charge in [0.1, 0.15) is 11.6 Å². The standard InChI is InChI=1S/C60H60Br2F2N2/c1-55(2)49-32-39(34-51(63)53(49)57(5,6)59(55,9)10)37-16-13-18-45(30-37)65(43-26-22-41(61)23-27-43)47-20-15-21-48(36-47)66(44-28-24-42(62)25-29-44)46-19-14-17-38(31-46)40-33-50-54(52(64)35-40)58(7,8)60(11,12)56(50,3)4/h13-36H,1-12H3. The zero-order valence-electron chi connectivity index (χ0n) is 40.3. The van der Waals surface area contributed by atoms with Crippen LogP contribution in [0.5, 0.6) is 0 Å². The van der Waals surface area contributed by atoms with Crippen molar-refractivity contribution in [3.63, 3.8) is 0 Å². The van der Waals surface area contributed by atoms with Crippen molar-refractivity contribution in [1.82, 2.24) is 0 Å². The van der Waals surface area contributed by atoms with Gasteiger partial charge in [-0.2, -0.15) is 0 Å². The molecule has 0 fully saturated rings. The molecule has 0 amide bonds. The summed E-state index contributed by atoms with van der Waals surface area (Å²) in [6.07, 6.45) is 0. The second-order valence-electron chi connectivity index (χ2n) is 21.8. The van der Waals surface area contributed by atoms with Crippen LogP contribution in [0.15, 0.2) is 155 Å². The number of rotatable bonds is 8. The largest absolute Gasteiger partial charge is 0.310 e. The summed E-state index contributed by atoms with van der Waals surface area (Å²) >= 11 is 7.33. The summed E-state index contributed by atoms with van der Waals surface area (Å²) < 4.78 is 35.0. The number of hydrogen-bond acceptors (Lipinski definition) is 2. The Morgan fingerprint density at radius 1 is 0.333 bits per heavy atom. The zero-order valence-corrected chi connectivity index (χ0v) is 43.4. The van der Waals surface area contributed by atoms with Crippen molar-refractivity contribution in [2.24, 2.45) is 10.8 Å². The first-order valence-electron chi connectivity index (χ1n) is 23.0. The summed E-state index contributed by atoms with van der Waals surface area (Å²) in [7, 11) is 0. The van der Waals surface area contributed by atoms with E-state index in [1.54, 1.807) is 12.1 Å². The van der Waals surface area contributed by atoms with Crippen LogP contribution in [0.25, 0.3) is 22.3 Å². The van der Waals surface area contributed by atoms with E-state index in [1.165, 1.54) is 0 Å². The lowest BCUT2D eigenvalue weighted by atomic mass is 9.59. The number of benzene rings is 7. The first-order chi connectivity index (χ1) is 30.9. The smallest absolute Gasteiger partial charge is 0.127 e. The highest BCUT2D eigenvalue weighted by Gasteiger charge is 2.59. The Morgan fingerprint density at radius 2 is 0.652 bits per heavy atom. The normalized spacial score (nSPS) is 17.8. The molecule has 2 aliphatic rings. The maximum atomic E-state index is 16.5. The molecule has 6 heteroatoms. The number of halogens is 4. The Bertz CT molecular complexity index is 2830. The average molecular weight is 1010 g/mol. The van der Waals surface area contributed by atoms with Crippen LogP contribution in [0.1, 0.15) is 105 Å². The van der Waals surface area contributed by atoms with Crippen molar-refractivity contribution < 1.29 is 8.78 Å². The fourth-order valence-corrected chi connectivity index (χ4v) is 11.7. The second-order valence-corrected chi connectivity index (χ2v) is 23.6. The molecule has 7 aromatic rings. The molecule has 0 spiro atoms. The minimum absolute atomic E-state index is 0.149. The highest BCUT2D eigenvalue weighted by molar-refractivity contribution is 9.10.